The molecule has 4 N–H and O–H groups in total. The summed E-state index contributed by atoms with van der Waals surface area (Å²) in [6.45, 7) is -0.393. The molecule has 0 aliphatic carbocycles. The van der Waals surface area contributed by atoms with Crippen LogP contribution in [-0.4, -0.2) is 61.7 Å². The van der Waals surface area contributed by atoms with Gasteiger partial charge in [-0.25, -0.2) is 0 Å². The normalized spacial score (nSPS) is 19.8. The van der Waals surface area contributed by atoms with E-state index in [1.54, 1.807) is 0 Å². The van der Waals surface area contributed by atoms with Gasteiger partial charge in [-0.15, -0.1) is 0 Å². The third-order valence-electron chi connectivity index (χ3n) is 1.99. The van der Waals surface area contributed by atoms with Crippen molar-refractivity contribution in [3.63, 3.8) is 0 Å². The van der Waals surface area contributed by atoms with Crippen molar-refractivity contribution in [2.24, 2.45) is 5.73 Å². The van der Waals surface area contributed by atoms with Crippen LogP contribution >= 0.6 is 0 Å². The van der Waals surface area contributed by atoms with Crippen LogP contribution in [0.1, 0.15) is 0 Å². The zero-order chi connectivity index (χ0) is 11.1. The van der Waals surface area contributed by atoms with E-state index in [0.29, 0.717) is 6.29 Å². The molecular weight excluding hydrogens is 190 g/mol. The second-order valence-electron chi connectivity index (χ2n) is 2.87. The molecule has 0 spiro atoms. The Morgan fingerprint density at radius 1 is 1.43 bits per heavy atom. The van der Waals surface area contributed by atoms with E-state index < -0.39 is 31.0 Å². The number of hydrogen-bond donors (Lipinski definition) is 3. The molecule has 0 saturated carbocycles. The van der Waals surface area contributed by atoms with E-state index in [4.69, 9.17) is 20.3 Å². The van der Waals surface area contributed by atoms with Crippen LogP contribution < -0.4 is 5.73 Å². The lowest BCUT2D eigenvalue weighted by Gasteiger charge is -2.28. The smallest absolute Gasteiger partial charge is 0.151 e. The van der Waals surface area contributed by atoms with Gasteiger partial charge in [0.05, 0.1) is 12.6 Å². The lowest BCUT2D eigenvalue weighted by Crippen LogP contribution is -2.51. The molecule has 0 aliphatic rings. The van der Waals surface area contributed by atoms with Crippen molar-refractivity contribution in [1.82, 2.24) is 0 Å². The average Bonchev–Trinajstić information content (AvgIpc) is 2.23. The van der Waals surface area contributed by atoms with Crippen LogP contribution in [0.4, 0.5) is 0 Å². The van der Waals surface area contributed by atoms with Crippen molar-refractivity contribution >= 4 is 6.29 Å². The van der Waals surface area contributed by atoms with E-state index in [9.17, 15) is 9.90 Å². The van der Waals surface area contributed by atoms with Gasteiger partial charge in [0.2, 0.25) is 0 Å². The summed E-state index contributed by atoms with van der Waals surface area (Å²) in [5, 5.41) is 18.3. The second-order valence-corrected chi connectivity index (χ2v) is 2.87. The number of ether oxygens (including phenoxy) is 2. The summed E-state index contributed by atoms with van der Waals surface area (Å²) in [5.41, 5.74) is 5.39. The van der Waals surface area contributed by atoms with Crippen LogP contribution in [0.2, 0.25) is 0 Å². The Kier molecular flexibility index (Phi) is 6.60. The molecule has 0 heterocycles. The van der Waals surface area contributed by atoms with Crippen LogP contribution in [0, 0.1) is 0 Å². The molecule has 0 rings (SSSR count). The Bertz CT molecular complexity index is 166. The summed E-state index contributed by atoms with van der Waals surface area (Å²) >= 11 is 0. The average molecular weight is 207 g/mol. The molecule has 84 valence electrons. The molecule has 0 saturated heterocycles. The van der Waals surface area contributed by atoms with Crippen LogP contribution in [0.5, 0.6) is 0 Å². The zero-order valence-corrected chi connectivity index (χ0v) is 8.29. The van der Waals surface area contributed by atoms with Crippen LogP contribution in [0.3, 0.4) is 0 Å². The summed E-state index contributed by atoms with van der Waals surface area (Å²) in [7, 11) is 2.65. The van der Waals surface area contributed by atoms with Gasteiger partial charge in [-0.2, -0.15) is 0 Å². The molecule has 0 unspecified atom stereocenters. The van der Waals surface area contributed by atoms with Gasteiger partial charge in [0.25, 0.3) is 0 Å². The second kappa shape index (κ2) is 6.86. The molecule has 0 aromatic heterocycles. The Labute approximate surface area is 82.6 Å². The Balaban J connectivity index is 4.44. The fourth-order valence-electron chi connectivity index (χ4n) is 1.09. The van der Waals surface area contributed by atoms with Crippen LogP contribution in [-0.2, 0) is 14.3 Å². The van der Waals surface area contributed by atoms with E-state index in [1.165, 1.54) is 14.2 Å². The van der Waals surface area contributed by atoms with Crippen molar-refractivity contribution < 1.29 is 24.5 Å². The minimum absolute atomic E-state index is 0.393. The predicted octanol–water partition coefficient (Wildman–Crippen LogP) is -2.10. The topological polar surface area (TPSA) is 102 Å². The first kappa shape index (κ1) is 13.5. The number of carbonyl (C=O) groups is 1. The van der Waals surface area contributed by atoms with Gasteiger partial charge in [0.15, 0.2) is 6.29 Å². The minimum Gasteiger partial charge on any atom is -0.395 e. The zero-order valence-electron chi connectivity index (χ0n) is 8.29. The molecule has 0 aromatic carbocycles. The highest BCUT2D eigenvalue weighted by Crippen LogP contribution is 2.08. The highest BCUT2D eigenvalue weighted by molar-refractivity contribution is 5.57. The van der Waals surface area contributed by atoms with E-state index in [2.05, 4.69) is 0 Å². The summed E-state index contributed by atoms with van der Waals surface area (Å²) in [6, 6.07) is -0.863. The van der Waals surface area contributed by atoms with Gasteiger partial charge in [-0.1, -0.05) is 0 Å². The van der Waals surface area contributed by atoms with E-state index in [0.717, 1.165) is 0 Å². The number of methoxy groups -OCH3 is 2. The van der Waals surface area contributed by atoms with Crippen LogP contribution in [0.25, 0.3) is 0 Å². The van der Waals surface area contributed by atoms with Gasteiger partial charge < -0.3 is 30.2 Å². The summed E-state index contributed by atoms with van der Waals surface area (Å²) in [5.74, 6) is 0. The third kappa shape index (κ3) is 3.32. The molecule has 0 radical (unpaired) electrons. The highest BCUT2D eigenvalue weighted by atomic mass is 16.5. The monoisotopic (exact) mass is 207 g/mol. The lowest BCUT2D eigenvalue weighted by atomic mass is 10.0. The highest BCUT2D eigenvalue weighted by Gasteiger charge is 2.31. The van der Waals surface area contributed by atoms with Gasteiger partial charge in [-0.3, -0.25) is 0 Å². The van der Waals surface area contributed by atoms with Crippen molar-refractivity contribution in [3.8, 4) is 0 Å². The molecule has 0 aromatic rings. The third-order valence-corrected chi connectivity index (χ3v) is 1.99. The van der Waals surface area contributed by atoms with Crippen molar-refractivity contribution in [1.29, 1.82) is 0 Å². The van der Waals surface area contributed by atoms with Gasteiger partial charge in [0.1, 0.15) is 18.3 Å². The largest absolute Gasteiger partial charge is 0.395 e. The molecule has 6 nitrogen and oxygen atoms in total. The maximum atomic E-state index is 10.5. The van der Waals surface area contributed by atoms with E-state index in [1.807, 2.05) is 0 Å². The fourth-order valence-corrected chi connectivity index (χ4v) is 1.09. The van der Waals surface area contributed by atoms with Crippen LogP contribution in [0.15, 0.2) is 0 Å². The number of aliphatic hydroxyl groups excluding tert-OH is 2. The quantitative estimate of drug-likeness (QED) is 0.413. The number of rotatable bonds is 7. The molecule has 0 aliphatic heterocycles. The Morgan fingerprint density at radius 3 is 2.29 bits per heavy atom. The van der Waals surface area contributed by atoms with Crippen molar-refractivity contribution in [2.45, 2.75) is 24.4 Å². The number of aldehydes is 1. The molecule has 0 fully saturated rings. The van der Waals surface area contributed by atoms with Gasteiger partial charge in [0, 0.05) is 14.2 Å². The van der Waals surface area contributed by atoms with Crippen molar-refractivity contribution in [3.05, 3.63) is 0 Å². The minimum atomic E-state index is -1.15. The van der Waals surface area contributed by atoms with Gasteiger partial charge >= 0.3 is 0 Å². The summed E-state index contributed by atoms with van der Waals surface area (Å²) in [6.07, 6.45) is -2.41. The van der Waals surface area contributed by atoms with Crippen molar-refractivity contribution in [2.75, 3.05) is 20.8 Å². The predicted molar refractivity (Wildman–Crippen MR) is 48.7 cm³/mol. The van der Waals surface area contributed by atoms with E-state index in [-0.39, 0.29) is 0 Å². The first-order chi connectivity index (χ1) is 6.62. The fraction of sp³-hybridized carbons (Fsp3) is 0.875. The summed E-state index contributed by atoms with van der Waals surface area (Å²) < 4.78 is 9.66. The number of carbonyl (C=O) groups excluding carboxylic acids is 1. The maximum absolute atomic E-state index is 10.5. The maximum Gasteiger partial charge on any atom is 0.151 e. The Hall–Kier alpha value is -0.530. The summed E-state index contributed by atoms with van der Waals surface area (Å²) in [4.78, 5) is 10.5. The molecular formula is C8H17NO5. The lowest BCUT2D eigenvalue weighted by molar-refractivity contribution is -0.136. The molecule has 4 atom stereocenters. The standard InChI is InChI=1S/C8H17NO5/c1-13-6(4-11)8(14-2)7(12)5(9)3-10/h4-8,10,12H,3,9H2,1-2H3/t5-,6-,7+,8+/m0/s1. The molecule has 0 bridgehead atoms. The number of aliphatic hydroxyl groups is 2. The van der Waals surface area contributed by atoms with E-state index >= 15 is 0 Å². The molecule has 14 heavy (non-hydrogen) atoms. The first-order valence-corrected chi connectivity index (χ1v) is 4.17. The molecule has 0 amide bonds. The van der Waals surface area contributed by atoms with Gasteiger partial charge in [-0.05, 0) is 0 Å². The first-order valence-electron chi connectivity index (χ1n) is 4.17. The molecule has 6 heteroatoms. The SMILES string of the molecule is CO[C@@H]([C@H](O)[C@@H](N)CO)[C@H](C=O)OC. The Morgan fingerprint density at radius 2 is 2.00 bits per heavy atom. The number of hydrogen-bond acceptors (Lipinski definition) is 6. The number of nitrogens with two attached hydrogens (primary N) is 1.